The molecule has 1 N–H and O–H groups in total. The third-order valence-electron chi connectivity index (χ3n) is 2.68. The Kier molecular flexibility index (Phi) is 5.88. The van der Waals surface area contributed by atoms with Crippen molar-refractivity contribution in [2.75, 3.05) is 5.75 Å². The highest BCUT2D eigenvalue weighted by molar-refractivity contribution is 7.83. The number of hydrogen-bond acceptors (Lipinski definition) is 1. The third kappa shape index (κ3) is 4.72. The molecule has 0 saturated carbocycles. The summed E-state index contributed by atoms with van der Waals surface area (Å²) in [6.07, 6.45) is -3.91. The maximum absolute atomic E-state index is 13.5. The maximum atomic E-state index is 13.5. The number of benzene rings is 1. The average molecular weight is 309 g/mol. The minimum atomic E-state index is -4.56. The topological polar surface area (TPSA) is 29.1 Å². The van der Waals surface area contributed by atoms with E-state index in [1.165, 1.54) is 18.2 Å². The fourth-order valence-corrected chi connectivity index (χ4v) is 2.87. The predicted molar refractivity (Wildman–Crippen MR) is 71.0 cm³/mol. The lowest BCUT2D eigenvalue weighted by Crippen LogP contribution is -2.42. The zero-order valence-corrected chi connectivity index (χ0v) is 11.6. The SMILES string of the molecule is C=C[C@H](NS(=O)C[C@H](C)c1ccccc1F)C(F)(F)F. The molecule has 0 aromatic heterocycles. The van der Waals surface area contributed by atoms with Crippen molar-refractivity contribution in [1.82, 2.24) is 4.72 Å². The van der Waals surface area contributed by atoms with Gasteiger partial charge in [0.05, 0.1) is 11.0 Å². The molecule has 7 heteroatoms. The first kappa shape index (κ1) is 16.8. The first-order chi connectivity index (χ1) is 9.25. The van der Waals surface area contributed by atoms with Gasteiger partial charge in [0.1, 0.15) is 11.9 Å². The fraction of sp³-hybridized carbons (Fsp3) is 0.385. The van der Waals surface area contributed by atoms with Gasteiger partial charge in [0.25, 0.3) is 0 Å². The summed E-state index contributed by atoms with van der Waals surface area (Å²) in [4.78, 5) is 0. The summed E-state index contributed by atoms with van der Waals surface area (Å²) in [5, 5.41) is 0. The average Bonchev–Trinajstić information content (AvgIpc) is 2.34. The van der Waals surface area contributed by atoms with Crippen LogP contribution in [0.15, 0.2) is 36.9 Å². The lowest BCUT2D eigenvalue weighted by Gasteiger charge is -2.19. The Morgan fingerprint density at radius 3 is 2.50 bits per heavy atom. The van der Waals surface area contributed by atoms with E-state index in [1.807, 2.05) is 4.72 Å². The molecule has 2 nitrogen and oxygen atoms in total. The van der Waals surface area contributed by atoms with Crippen LogP contribution in [0.3, 0.4) is 0 Å². The van der Waals surface area contributed by atoms with Gasteiger partial charge in [-0.1, -0.05) is 31.2 Å². The summed E-state index contributed by atoms with van der Waals surface area (Å²) < 4.78 is 64.5. The van der Waals surface area contributed by atoms with E-state index in [9.17, 15) is 21.8 Å². The highest BCUT2D eigenvalue weighted by atomic mass is 32.2. The Balaban J connectivity index is 2.67. The standard InChI is InChI=1S/C13H15F4NOS/c1-3-12(13(15,16)17)18-20(19)8-9(2)10-6-4-5-7-11(10)14/h3-7,9,12,18H,1,8H2,2H3/t9-,12-,20?/m0/s1. The van der Waals surface area contributed by atoms with Gasteiger partial charge in [-0.05, 0) is 17.5 Å². The van der Waals surface area contributed by atoms with E-state index >= 15 is 0 Å². The van der Waals surface area contributed by atoms with Gasteiger partial charge in [-0.2, -0.15) is 13.2 Å². The summed E-state index contributed by atoms with van der Waals surface area (Å²) in [5.74, 6) is -1.06. The molecule has 20 heavy (non-hydrogen) atoms. The van der Waals surface area contributed by atoms with E-state index in [-0.39, 0.29) is 5.75 Å². The molecule has 0 aliphatic rings. The quantitative estimate of drug-likeness (QED) is 0.634. The van der Waals surface area contributed by atoms with Crippen molar-refractivity contribution in [2.45, 2.75) is 25.1 Å². The van der Waals surface area contributed by atoms with Crippen LogP contribution in [0.5, 0.6) is 0 Å². The van der Waals surface area contributed by atoms with E-state index in [0.717, 1.165) is 0 Å². The molecule has 0 amide bonds. The van der Waals surface area contributed by atoms with Crippen molar-refractivity contribution >= 4 is 11.0 Å². The molecule has 0 saturated heterocycles. The Labute approximate surface area is 117 Å². The van der Waals surface area contributed by atoms with Crippen LogP contribution in [0.4, 0.5) is 17.6 Å². The van der Waals surface area contributed by atoms with Crippen LogP contribution in [0.2, 0.25) is 0 Å². The smallest absolute Gasteiger partial charge is 0.243 e. The van der Waals surface area contributed by atoms with Crippen molar-refractivity contribution in [3.8, 4) is 0 Å². The van der Waals surface area contributed by atoms with E-state index in [2.05, 4.69) is 6.58 Å². The van der Waals surface area contributed by atoms with Crippen LogP contribution in [-0.4, -0.2) is 22.2 Å². The van der Waals surface area contributed by atoms with Crippen molar-refractivity contribution in [3.05, 3.63) is 48.3 Å². The second-order valence-electron chi connectivity index (χ2n) is 4.31. The molecular weight excluding hydrogens is 294 g/mol. The number of halogens is 4. The van der Waals surface area contributed by atoms with Gasteiger partial charge in [0.15, 0.2) is 0 Å². The maximum Gasteiger partial charge on any atom is 0.408 e. The van der Waals surface area contributed by atoms with Gasteiger partial charge >= 0.3 is 6.18 Å². The molecule has 0 bridgehead atoms. The second-order valence-corrected chi connectivity index (χ2v) is 5.57. The van der Waals surface area contributed by atoms with E-state index in [1.54, 1.807) is 13.0 Å². The molecule has 3 atom stereocenters. The Hall–Kier alpha value is -1.21. The van der Waals surface area contributed by atoms with Crippen LogP contribution < -0.4 is 4.72 Å². The van der Waals surface area contributed by atoms with Crippen molar-refractivity contribution in [3.63, 3.8) is 0 Å². The van der Waals surface area contributed by atoms with Crippen LogP contribution in [0, 0.1) is 5.82 Å². The van der Waals surface area contributed by atoms with E-state index in [0.29, 0.717) is 11.6 Å². The zero-order chi connectivity index (χ0) is 15.3. The molecular formula is C13H15F4NOS. The van der Waals surface area contributed by atoms with Crippen molar-refractivity contribution < 1.29 is 21.8 Å². The van der Waals surface area contributed by atoms with Gasteiger partial charge in [-0.15, -0.1) is 6.58 Å². The molecule has 112 valence electrons. The second kappa shape index (κ2) is 6.99. The lowest BCUT2D eigenvalue weighted by molar-refractivity contribution is -0.140. The molecule has 1 aromatic carbocycles. The molecule has 0 fully saturated rings. The van der Waals surface area contributed by atoms with Gasteiger partial charge in [0.2, 0.25) is 0 Å². The largest absolute Gasteiger partial charge is 0.408 e. The first-order valence-corrected chi connectivity index (χ1v) is 7.15. The Morgan fingerprint density at radius 1 is 1.40 bits per heavy atom. The van der Waals surface area contributed by atoms with Gasteiger partial charge in [0, 0.05) is 5.75 Å². The van der Waals surface area contributed by atoms with Crippen molar-refractivity contribution in [1.29, 1.82) is 0 Å². The van der Waals surface area contributed by atoms with E-state index in [4.69, 9.17) is 0 Å². The molecule has 0 aliphatic carbocycles. The molecule has 1 rings (SSSR count). The Morgan fingerprint density at radius 2 is 2.00 bits per heavy atom. The third-order valence-corrected chi connectivity index (χ3v) is 4.00. The molecule has 0 radical (unpaired) electrons. The van der Waals surface area contributed by atoms with Crippen molar-refractivity contribution in [2.24, 2.45) is 0 Å². The minimum Gasteiger partial charge on any atom is -0.243 e. The summed E-state index contributed by atoms with van der Waals surface area (Å²) in [5.41, 5.74) is 0.324. The van der Waals surface area contributed by atoms with Gasteiger partial charge in [-0.25, -0.2) is 13.3 Å². The minimum absolute atomic E-state index is 0.124. The number of alkyl halides is 3. The highest BCUT2D eigenvalue weighted by Gasteiger charge is 2.38. The monoisotopic (exact) mass is 309 g/mol. The summed E-state index contributed by atoms with van der Waals surface area (Å²) in [6.45, 7) is 4.66. The summed E-state index contributed by atoms with van der Waals surface area (Å²) >= 11 is 0. The van der Waals surface area contributed by atoms with Gasteiger partial charge in [-0.3, -0.25) is 0 Å². The highest BCUT2D eigenvalue weighted by Crippen LogP contribution is 2.22. The van der Waals surface area contributed by atoms with Crippen LogP contribution in [0.1, 0.15) is 18.4 Å². The molecule has 0 heterocycles. The Bertz CT molecular complexity index is 490. The normalized spacial score (nSPS) is 16.4. The summed E-state index contributed by atoms with van der Waals surface area (Å²) in [7, 11) is -1.94. The molecule has 1 aromatic rings. The molecule has 1 unspecified atom stereocenters. The van der Waals surface area contributed by atoms with Crippen LogP contribution in [-0.2, 0) is 11.0 Å². The molecule has 0 spiro atoms. The number of nitrogens with one attached hydrogen (secondary N) is 1. The first-order valence-electron chi connectivity index (χ1n) is 5.84. The molecule has 0 aliphatic heterocycles. The lowest BCUT2D eigenvalue weighted by atomic mass is 10.0. The van der Waals surface area contributed by atoms with Crippen LogP contribution >= 0.6 is 0 Å². The van der Waals surface area contributed by atoms with Gasteiger partial charge < -0.3 is 0 Å². The zero-order valence-electron chi connectivity index (χ0n) is 10.8. The number of rotatable bonds is 6. The fourth-order valence-electron chi connectivity index (χ4n) is 1.63. The van der Waals surface area contributed by atoms with Crippen LogP contribution in [0.25, 0.3) is 0 Å². The number of hydrogen-bond donors (Lipinski definition) is 1. The van der Waals surface area contributed by atoms with E-state index < -0.39 is 34.9 Å². The predicted octanol–water partition coefficient (Wildman–Crippen LogP) is 3.30. The summed E-state index contributed by atoms with van der Waals surface area (Å²) in [6, 6.07) is 3.86.